The molecule has 0 saturated heterocycles. The van der Waals surface area contributed by atoms with Gasteiger partial charge < -0.3 is 9.26 Å². The number of nitrogens with zero attached hydrogens (tertiary/aromatic N) is 2. The fourth-order valence-electron chi connectivity index (χ4n) is 2.18. The molecule has 0 fully saturated rings. The van der Waals surface area contributed by atoms with E-state index in [1.54, 1.807) is 61.7 Å². The summed E-state index contributed by atoms with van der Waals surface area (Å²) in [4.78, 5) is 4.54. The minimum absolute atomic E-state index is 0.0708. The van der Waals surface area contributed by atoms with E-state index in [1.165, 1.54) is 0 Å². The average Bonchev–Trinajstić information content (AvgIpc) is 3.10. The number of hydrogen-bond donors (Lipinski definition) is 0. The lowest BCUT2D eigenvalue weighted by atomic mass is 10.2. The molecule has 0 saturated carbocycles. The summed E-state index contributed by atoms with van der Waals surface area (Å²) < 4.78 is 34.8. The Bertz CT molecular complexity index is 903. The Hall–Kier alpha value is -2.67. The van der Waals surface area contributed by atoms with Gasteiger partial charge in [0.15, 0.2) is 15.7 Å². The summed E-state index contributed by atoms with van der Waals surface area (Å²) >= 11 is 0. The van der Waals surface area contributed by atoms with E-state index in [1.807, 2.05) is 0 Å². The van der Waals surface area contributed by atoms with Crippen molar-refractivity contribution in [1.82, 2.24) is 10.1 Å². The van der Waals surface area contributed by atoms with Crippen LogP contribution in [0, 0.1) is 0 Å². The lowest BCUT2D eigenvalue weighted by Crippen LogP contribution is -2.09. The van der Waals surface area contributed by atoms with E-state index >= 15 is 0 Å². The molecule has 1 aromatic heterocycles. The van der Waals surface area contributed by atoms with Gasteiger partial charge in [-0.2, -0.15) is 4.98 Å². The van der Waals surface area contributed by atoms with Crippen LogP contribution in [-0.2, 0) is 16.3 Å². The van der Waals surface area contributed by atoms with Crippen LogP contribution in [-0.4, -0.2) is 31.4 Å². The van der Waals surface area contributed by atoms with Gasteiger partial charge in [0.1, 0.15) is 5.75 Å². The third-order valence-corrected chi connectivity index (χ3v) is 5.23. The molecule has 0 amide bonds. The summed E-state index contributed by atoms with van der Waals surface area (Å²) in [7, 11) is -1.77. The molecule has 0 aliphatic carbocycles. The number of benzene rings is 2. The van der Waals surface area contributed by atoms with Crippen LogP contribution in [0.5, 0.6) is 5.75 Å². The molecule has 3 rings (SSSR count). The molecule has 0 radical (unpaired) electrons. The van der Waals surface area contributed by atoms with Crippen molar-refractivity contribution in [2.24, 2.45) is 0 Å². The van der Waals surface area contributed by atoms with E-state index < -0.39 is 9.84 Å². The third-order valence-electron chi connectivity index (χ3n) is 3.50. The summed E-state index contributed by atoms with van der Waals surface area (Å²) in [5.74, 6) is 1.37. The van der Waals surface area contributed by atoms with Crippen LogP contribution in [0.25, 0.3) is 11.5 Å². The molecule has 24 heavy (non-hydrogen) atoms. The lowest BCUT2D eigenvalue weighted by molar-refractivity contribution is 0.414. The number of rotatable bonds is 6. The van der Waals surface area contributed by atoms with Crippen molar-refractivity contribution < 1.29 is 17.7 Å². The number of sulfone groups is 1. The maximum Gasteiger partial charge on any atom is 0.257 e. The molecule has 0 aliphatic rings. The topological polar surface area (TPSA) is 82.3 Å². The Morgan fingerprint density at radius 1 is 1.04 bits per heavy atom. The van der Waals surface area contributed by atoms with Crippen LogP contribution in [0.1, 0.15) is 5.82 Å². The average molecular weight is 344 g/mol. The standard InChI is InChI=1S/C17H16N2O4S/c1-22-14-9-7-13(8-10-14)17-18-16(19-23-17)11-12-24(20,21)15-5-3-2-4-6-15/h2-10H,11-12H2,1H3. The highest BCUT2D eigenvalue weighted by Gasteiger charge is 2.16. The maximum atomic E-state index is 12.3. The molecule has 0 aliphatic heterocycles. The molecule has 0 bridgehead atoms. The molecule has 1 heterocycles. The summed E-state index contributed by atoms with van der Waals surface area (Å²) in [6.45, 7) is 0. The Labute approximate surface area is 140 Å². The smallest absolute Gasteiger partial charge is 0.257 e. The number of aryl methyl sites for hydroxylation is 1. The second kappa shape index (κ2) is 6.84. The van der Waals surface area contributed by atoms with Crippen LogP contribution >= 0.6 is 0 Å². The van der Waals surface area contributed by atoms with Crippen LogP contribution in [0.3, 0.4) is 0 Å². The largest absolute Gasteiger partial charge is 0.497 e. The quantitative estimate of drug-likeness (QED) is 0.684. The third kappa shape index (κ3) is 3.62. The Morgan fingerprint density at radius 3 is 2.42 bits per heavy atom. The van der Waals surface area contributed by atoms with Crippen molar-refractivity contribution >= 4 is 9.84 Å². The molecule has 3 aromatic rings. The fraction of sp³-hybridized carbons (Fsp3) is 0.176. The Kier molecular flexibility index (Phi) is 4.61. The first-order valence-electron chi connectivity index (χ1n) is 7.33. The highest BCUT2D eigenvalue weighted by molar-refractivity contribution is 7.91. The van der Waals surface area contributed by atoms with Gasteiger partial charge in [-0.3, -0.25) is 0 Å². The first-order chi connectivity index (χ1) is 11.6. The molecule has 124 valence electrons. The number of hydrogen-bond acceptors (Lipinski definition) is 6. The fourth-order valence-corrected chi connectivity index (χ4v) is 3.44. The summed E-state index contributed by atoms with van der Waals surface area (Å²) in [5, 5.41) is 3.85. The van der Waals surface area contributed by atoms with E-state index in [-0.39, 0.29) is 12.2 Å². The van der Waals surface area contributed by atoms with Gasteiger partial charge in [-0.1, -0.05) is 23.4 Å². The van der Waals surface area contributed by atoms with Crippen molar-refractivity contribution in [3.63, 3.8) is 0 Å². The first-order valence-corrected chi connectivity index (χ1v) is 8.98. The normalized spacial score (nSPS) is 11.4. The SMILES string of the molecule is COc1ccc(-c2nc(CCS(=O)(=O)c3ccccc3)no2)cc1. The van der Waals surface area contributed by atoms with Gasteiger partial charge in [0.25, 0.3) is 5.89 Å². The zero-order valence-corrected chi connectivity index (χ0v) is 13.9. The van der Waals surface area contributed by atoms with E-state index in [9.17, 15) is 8.42 Å². The minimum atomic E-state index is -3.36. The molecule has 2 aromatic carbocycles. The number of ether oxygens (including phenoxy) is 1. The van der Waals surface area contributed by atoms with Gasteiger partial charge in [0.05, 0.1) is 17.8 Å². The Morgan fingerprint density at radius 2 is 1.75 bits per heavy atom. The molecule has 0 N–H and O–H groups in total. The van der Waals surface area contributed by atoms with E-state index in [0.29, 0.717) is 16.6 Å². The number of aromatic nitrogens is 2. The summed E-state index contributed by atoms with van der Waals surface area (Å²) in [6.07, 6.45) is 0.191. The van der Waals surface area contributed by atoms with Gasteiger partial charge in [-0.25, -0.2) is 8.42 Å². The van der Waals surface area contributed by atoms with Crippen LogP contribution in [0.15, 0.2) is 64.0 Å². The number of methoxy groups -OCH3 is 1. The molecule has 0 unspecified atom stereocenters. The van der Waals surface area contributed by atoms with Gasteiger partial charge >= 0.3 is 0 Å². The van der Waals surface area contributed by atoms with Crippen LogP contribution < -0.4 is 4.74 Å². The van der Waals surface area contributed by atoms with Crippen molar-refractivity contribution in [1.29, 1.82) is 0 Å². The van der Waals surface area contributed by atoms with E-state index in [4.69, 9.17) is 9.26 Å². The van der Waals surface area contributed by atoms with Crippen molar-refractivity contribution in [3.8, 4) is 17.2 Å². The predicted molar refractivity (Wildman–Crippen MR) is 88.5 cm³/mol. The van der Waals surface area contributed by atoms with Crippen molar-refractivity contribution in [2.75, 3.05) is 12.9 Å². The van der Waals surface area contributed by atoms with E-state index in [0.717, 1.165) is 11.3 Å². The second-order valence-corrected chi connectivity index (χ2v) is 7.24. The summed E-state index contributed by atoms with van der Waals surface area (Å²) in [6, 6.07) is 15.5. The second-order valence-electron chi connectivity index (χ2n) is 5.13. The molecule has 6 nitrogen and oxygen atoms in total. The van der Waals surface area contributed by atoms with Gasteiger partial charge in [0.2, 0.25) is 0 Å². The van der Waals surface area contributed by atoms with Crippen LogP contribution in [0.4, 0.5) is 0 Å². The predicted octanol–water partition coefficient (Wildman–Crippen LogP) is 2.76. The Balaban J connectivity index is 1.70. The van der Waals surface area contributed by atoms with Crippen LogP contribution in [0.2, 0.25) is 0 Å². The molecule has 7 heteroatoms. The van der Waals surface area contributed by atoms with Gasteiger partial charge in [-0.15, -0.1) is 0 Å². The van der Waals surface area contributed by atoms with Crippen molar-refractivity contribution in [3.05, 3.63) is 60.4 Å². The zero-order chi connectivity index (χ0) is 17.0. The summed E-state index contributed by atoms with van der Waals surface area (Å²) in [5.41, 5.74) is 0.750. The molecule has 0 atom stereocenters. The molecule has 0 spiro atoms. The highest BCUT2D eigenvalue weighted by Crippen LogP contribution is 2.21. The van der Waals surface area contributed by atoms with E-state index in [2.05, 4.69) is 10.1 Å². The molecular formula is C17H16N2O4S. The first kappa shape index (κ1) is 16.2. The van der Waals surface area contributed by atoms with Gasteiger partial charge in [0, 0.05) is 12.0 Å². The zero-order valence-electron chi connectivity index (χ0n) is 13.0. The lowest BCUT2D eigenvalue weighted by Gasteiger charge is -2.01. The highest BCUT2D eigenvalue weighted by atomic mass is 32.2. The minimum Gasteiger partial charge on any atom is -0.497 e. The van der Waals surface area contributed by atoms with Gasteiger partial charge in [-0.05, 0) is 36.4 Å². The maximum absolute atomic E-state index is 12.3. The molecular weight excluding hydrogens is 328 g/mol. The monoisotopic (exact) mass is 344 g/mol. The van der Waals surface area contributed by atoms with Crippen molar-refractivity contribution in [2.45, 2.75) is 11.3 Å².